The quantitative estimate of drug-likeness (QED) is 0.275. The van der Waals surface area contributed by atoms with Crippen LogP contribution in [-0.4, -0.2) is 76.7 Å². The molecule has 1 aliphatic heterocycles. The first-order valence-corrected chi connectivity index (χ1v) is 12.8. The Balaban J connectivity index is 0.00000420. The summed E-state index contributed by atoms with van der Waals surface area (Å²) in [5, 5.41) is 6.62. The van der Waals surface area contributed by atoms with E-state index in [4.69, 9.17) is 9.73 Å². The van der Waals surface area contributed by atoms with Crippen LogP contribution in [0.15, 0.2) is 17.1 Å². The first-order chi connectivity index (χ1) is 13.3. The van der Waals surface area contributed by atoms with Crippen LogP contribution in [0.1, 0.15) is 36.1 Å². The number of guanidine groups is 1. The van der Waals surface area contributed by atoms with Gasteiger partial charge in [-0.05, 0) is 39.3 Å². The molecule has 1 saturated heterocycles. The van der Waals surface area contributed by atoms with E-state index in [1.54, 1.807) is 0 Å². The first kappa shape index (κ1) is 26.6. The number of halogens is 1. The number of hydrogen-bond acceptors (Lipinski definition) is 6. The molecule has 0 radical (unpaired) electrons. The van der Waals surface area contributed by atoms with Crippen molar-refractivity contribution in [2.75, 3.05) is 51.4 Å². The minimum absolute atomic E-state index is 0. The number of ether oxygens (including phenoxy) is 1. The molecular weight excluding hydrogens is 523 g/mol. The molecule has 7 nitrogen and oxygen atoms in total. The fourth-order valence-electron chi connectivity index (χ4n) is 3.10. The molecule has 0 aromatic carbocycles. The van der Waals surface area contributed by atoms with Gasteiger partial charge >= 0.3 is 0 Å². The lowest BCUT2D eigenvalue weighted by Crippen LogP contribution is -2.44. The second-order valence-corrected chi connectivity index (χ2v) is 10.9. The zero-order valence-electron chi connectivity index (χ0n) is 17.8. The molecule has 1 aromatic rings. The highest BCUT2D eigenvalue weighted by Crippen LogP contribution is 2.28. The van der Waals surface area contributed by atoms with Crippen molar-refractivity contribution in [2.45, 2.75) is 39.3 Å². The van der Waals surface area contributed by atoms with Gasteiger partial charge < -0.3 is 15.4 Å². The number of thiophene rings is 1. The molecule has 2 N–H and O–H groups in total. The van der Waals surface area contributed by atoms with Crippen molar-refractivity contribution in [2.24, 2.45) is 4.99 Å². The van der Waals surface area contributed by atoms with Gasteiger partial charge in [-0.2, -0.15) is 0 Å². The summed E-state index contributed by atoms with van der Waals surface area (Å²) in [6.45, 7) is 10.9. The van der Waals surface area contributed by atoms with Gasteiger partial charge in [-0.25, -0.2) is 8.42 Å². The van der Waals surface area contributed by atoms with E-state index in [0.29, 0.717) is 13.0 Å². The molecule has 168 valence electrons. The Morgan fingerprint density at radius 3 is 2.59 bits per heavy atom. The molecule has 2 heterocycles. The third-order valence-corrected chi connectivity index (χ3v) is 6.73. The number of nitrogens with one attached hydrogen (secondary N) is 2. The first-order valence-electron chi connectivity index (χ1n) is 9.89. The highest BCUT2D eigenvalue weighted by molar-refractivity contribution is 14.0. The number of aryl methyl sites for hydroxylation is 1. The Labute approximate surface area is 196 Å². The molecule has 2 rings (SSSR count). The van der Waals surface area contributed by atoms with E-state index in [-0.39, 0.29) is 41.8 Å². The Bertz CT molecular complexity index is 734. The van der Waals surface area contributed by atoms with E-state index < -0.39 is 9.84 Å². The molecule has 0 amide bonds. The van der Waals surface area contributed by atoms with Crippen molar-refractivity contribution in [3.8, 4) is 0 Å². The summed E-state index contributed by atoms with van der Waals surface area (Å²) in [4.78, 5) is 9.89. The lowest BCUT2D eigenvalue weighted by Gasteiger charge is -2.33. The van der Waals surface area contributed by atoms with Crippen molar-refractivity contribution in [1.29, 1.82) is 0 Å². The minimum atomic E-state index is -2.96. The number of rotatable bonds is 9. The smallest absolute Gasteiger partial charge is 0.191 e. The lowest BCUT2D eigenvalue weighted by atomic mass is 10.2. The van der Waals surface area contributed by atoms with E-state index in [1.807, 2.05) is 25.2 Å². The van der Waals surface area contributed by atoms with Crippen molar-refractivity contribution in [1.82, 2.24) is 15.5 Å². The summed E-state index contributed by atoms with van der Waals surface area (Å²) in [6.07, 6.45) is 1.83. The molecular formula is C19H35IN4O3S2. The SMILES string of the molecule is CCNC(=NCC(c1ccc(C)s1)N1CCOCC1)NC(C)CCS(C)(=O)=O.I. The summed E-state index contributed by atoms with van der Waals surface area (Å²) in [5.41, 5.74) is 0. The summed E-state index contributed by atoms with van der Waals surface area (Å²) in [6, 6.07) is 4.61. The van der Waals surface area contributed by atoms with Gasteiger partial charge in [-0.3, -0.25) is 9.89 Å². The zero-order valence-corrected chi connectivity index (χ0v) is 21.8. The van der Waals surface area contributed by atoms with E-state index in [9.17, 15) is 8.42 Å². The van der Waals surface area contributed by atoms with Crippen molar-refractivity contribution in [3.05, 3.63) is 21.9 Å². The van der Waals surface area contributed by atoms with Gasteiger partial charge in [0.1, 0.15) is 9.84 Å². The van der Waals surface area contributed by atoms with E-state index >= 15 is 0 Å². The molecule has 0 aliphatic carbocycles. The van der Waals surface area contributed by atoms with Crippen molar-refractivity contribution in [3.63, 3.8) is 0 Å². The Kier molecular flexibility index (Phi) is 12.0. The molecule has 0 bridgehead atoms. The van der Waals surface area contributed by atoms with Gasteiger partial charge in [0, 0.05) is 41.7 Å². The average Bonchev–Trinajstić information content (AvgIpc) is 3.07. The van der Waals surface area contributed by atoms with Crippen LogP contribution in [0, 0.1) is 6.92 Å². The van der Waals surface area contributed by atoms with Crippen LogP contribution < -0.4 is 10.6 Å². The summed E-state index contributed by atoms with van der Waals surface area (Å²) in [7, 11) is -2.96. The van der Waals surface area contributed by atoms with Crippen molar-refractivity contribution < 1.29 is 13.2 Å². The Morgan fingerprint density at radius 1 is 1.34 bits per heavy atom. The lowest BCUT2D eigenvalue weighted by molar-refractivity contribution is 0.0186. The molecule has 1 fully saturated rings. The Hall–Kier alpha value is -0.430. The van der Waals surface area contributed by atoms with Crippen molar-refractivity contribution >= 4 is 51.1 Å². The molecule has 10 heteroatoms. The highest BCUT2D eigenvalue weighted by Gasteiger charge is 2.24. The predicted molar refractivity (Wildman–Crippen MR) is 133 cm³/mol. The van der Waals surface area contributed by atoms with Crippen LogP contribution in [0.5, 0.6) is 0 Å². The fraction of sp³-hybridized carbons (Fsp3) is 0.737. The molecule has 0 spiro atoms. The monoisotopic (exact) mass is 558 g/mol. The van der Waals surface area contributed by atoms with Gasteiger partial charge in [0.25, 0.3) is 0 Å². The van der Waals surface area contributed by atoms with Gasteiger partial charge in [0.05, 0.1) is 31.6 Å². The number of hydrogen-bond donors (Lipinski definition) is 2. The number of aliphatic imine (C=N–C) groups is 1. The maximum atomic E-state index is 11.4. The maximum absolute atomic E-state index is 11.4. The second kappa shape index (κ2) is 13.1. The third-order valence-electron chi connectivity index (χ3n) is 4.65. The van der Waals surface area contributed by atoms with Crippen LogP contribution in [0.25, 0.3) is 0 Å². The predicted octanol–water partition coefficient (Wildman–Crippen LogP) is 2.43. The van der Waals surface area contributed by atoms with Crippen LogP contribution in [-0.2, 0) is 14.6 Å². The number of nitrogens with zero attached hydrogens (tertiary/aromatic N) is 2. The average molecular weight is 559 g/mol. The van der Waals surface area contributed by atoms with Gasteiger partial charge in [-0.15, -0.1) is 35.3 Å². The number of sulfone groups is 1. The van der Waals surface area contributed by atoms with Gasteiger partial charge in [-0.1, -0.05) is 0 Å². The van der Waals surface area contributed by atoms with E-state index in [1.165, 1.54) is 16.0 Å². The standard InChI is InChI=1S/C19H34N4O3S2.HI/c1-5-20-19(22-15(2)8-13-28(4,24)25)21-14-17(18-7-6-16(3)27-18)23-9-11-26-12-10-23;/h6-7,15,17H,5,8-14H2,1-4H3,(H2,20,21,22);1H. The van der Waals surface area contributed by atoms with Gasteiger partial charge in [0.15, 0.2) is 5.96 Å². The maximum Gasteiger partial charge on any atom is 0.191 e. The molecule has 29 heavy (non-hydrogen) atoms. The van der Waals surface area contributed by atoms with E-state index in [0.717, 1.165) is 38.8 Å². The number of morpholine rings is 1. The molecule has 0 saturated carbocycles. The largest absolute Gasteiger partial charge is 0.379 e. The third kappa shape index (κ3) is 9.95. The summed E-state index contributed by atoms with van der Waals surface area (Å²) >= 11 is 1.82. The molecule has 2 unspecified atom stereocenters. The van der Waals surface area contributed by atoms with Gasteiger partial charge in [0.2, 0.25) is 0 Å². The highest BCUT2D eigenvalue weighted by atomic mass is 127. The molecule has 1 aromatic heterocycles. The van der Waals surface area contributed by atoms with Crippen LogP contribution in [0.4, 0.5) is 0 Å². The van der Waals surface area contributed by atoms with Crippen LogP contribution in [0.2, 0.25) is 0 Å². The second-order valence-electron chi connectivity index (χ2n) is 7.30. The fourth-order valence-corrected chi connectivity index (χ4v) is 4.89. The molecule has 2 atom stereocenters. The minimum Gasteiger partial charge on any atom is -0.379 e. The normalized spacial score (nSPS) is 18.0. The summed E-state index contributed by atoms with van der Waals surface area (Å²) < 4.78 is 28.3. The summed E-state index contributed by atoms with van der Waals surface area (Å²) in [5.74, 6) is 0.904. The Morgan fingerprint density at radius 2 is 2.03 bits per heavy atom. The topological polar surface area (TPSA) is 83.0 Å². The van der Waals surface area contributed by atoms with Crippen LogP contribution in [0.3, 0.4) is 0 Å². The van der Waals surface area contributed by atoms with E-state index in [2.05, 4.69) is 34.6 Å². The zero-order chi connectivity index (χ0) is 20.6. The van der Waals surface area contributed by atoms with Crippen LogP contribution >= 0.6 is 35.3 Å². The molecule has 1 aliphatic rings.